The number of amidine groups is 1. The standard InChI is InChI=1S/C30H24F3N7O2S/c1-18-4-3-5-25-26(18)19(2)14-23-16-43-29(40(23)25)36-28(41)37-35-15-20-6-8-21(9-7-20)27-34-17-39(38-27)22-10-12-24(13-11-22)42-30(31,32)33/h3-15,17,19H,16H2,1-2H3,(H,37,41)/b35-15+,36-29?. The molecule has 1 atom stereocenters. The molecule has 1 aromatic heterocycles. The Morgan fingerprint density at radius 1 is 1.12 bits per heavy atom. The quantitative estimate of drug-likeness (QED) is 0.199. The van der Waals surface area contributed by atoms with Gasteiger partial charge in [-0.1, -0.05) is 61.2 Å². The molecular formula is C30H24F3N7O2S. The molecule has 9 nitrogen and oxygen atoms in total. The SMILES string of the molecule is Cc1cccc2c1C(C)C=C1CSC(=NC(=O)N/N=C/c3ccc(-c4ncn(-c5ccc(OC(F)(F)F)cc5)n4)cc3)N12. The number of benzene rings is 3. The van der Waals surface area contributed by atoms with Crippen LogP contribution in [0.2, 0.25) is 0 Å². The average molecular weight is 604 g/mol. The monoisotopic (exact) mass is 603 g/mol. The zero-order valence-electron chi connectivity index (χ0n) is 22.9. The molecule has 0 saturated carbocycles. The zero-order chi connectivity index (χ0) is 30.1. The second kappa shape index (κ2) is 11.4. The molecule has 1 N–H and O–H groups in total. The van der Waals surface area contributed by atoms with E-state index in [9.17, 15) is 18.0 Å². The van der Waals surface area contributed by atoms with Crippen molar-refractivity contribution in [2.75, 3.05) is 10.7 Å². The number of thioether (sulfide) groups is 1. The van der Waals surface area contributed by atoms with E-state index in [0.717, 1.165) is 28.3 Å². The summed E-state index contributed by atoms with van der Waals surface area (Å²) in [4.78, 5) is 23.2. The summed E-state index contributed by atoms with van der Waals surface area (Å²) in [5, 5.41) is 9.05. The van der Waals surface area contributed by atoms with E-state index in [2.05, 4.69) is 62.4 Å². The molecule has 2 amide bonds. The van der Waals surface area contributed by atoms with Crippen molar-refractivity contribution in [1.29, 1.82) is 0 Å². The summed E-state index contributed by atoms with van der Waals surface area (Å²) in [5.74, 6) is 1.14. The molecule has 4 aromatic rings. The Morgan fingerprint density at radius 3 is 2.63 bits per heavy atom. The first kappa shape index (κ1) is 28.2. The molecule has 1 fully saturated rings. The predicted molar refractivity (Wildman–Crippen MR) is 160 cm³/mol. The summed E-state index contributed by atoms with van der Waals surface area (Å²) < 4.78 is 42.5. The number of rotatable bonds is 5. The minimum atomic E-state index is -4.76. The van der Waals surface area contributed by atoms with Crippen molar-refractivity contribution in [3.63, 3.8) is 0 Å². The van der Waals surface area contributed by atoms with Crippen molar-refractivity contribution in [3.8, 4) is 22.8 Å². The molecule has 0 radical (unpaired) electrons. The maximum absolute atomic E-state index is 12.6. The number of aromatic nitrogens is 3. The molecule has 3 aromatic carbocycles. The summed E-state index contributed by atoms with van der Waals surface area (Å²) in [6.07, 6.45) is 0.438. The fourth-order valence-electron chi connectivity index (χ4n) is 4.99. The molecule has 1 unspecified atom stereocenters. The molecule has 2 aliphatic rings. The Hall–Kier alpha value is -4.91. The highest BCUT2D eigenvalue weighted by Crippen LogP contribution is 2.44. The molecule has 6 rings (SSSR count). The second-order valence-electron chi connectivity index (χ2n) is 9.82. The van der Waals surface area contributed by atoms with Gasteiger partial charge in [-0.15, -0.1) is 18.3 Å². The fourth-order valence-corrected chi connectivity index (χ4v) is 5.98. The highest BCUT2D eigenvalue weighted by molar-refractivity contribution is 8.14. The number of carbonyl (C=O) groups excluding carboxylic acids is 1. The number of nitrogens with zero attached hydrogens (tertiary/aromatic N) is 6. The highest BCUT2D eigenvalue weighted by Gasteiger charge is 2.34. The van der Waals surface area contributed by atoms with Crippen LogP contribution in [0.4, 0.5) is 23.7 Å². The Morgan fingerprint density at radius 2 is 1.88 bits per heavy atom. The third-order valence-corrected chi connectivity index (χ3v) is 7.81. The normalized spacial score (nSPS) is 17.1. The van der Waals surface area contributed by atoms with Crippen molar-refractivity contribution in [1.82, 2.24) is 20.2 Å². The fraction of sp³-hybridized carbons (Fsp3) is 0.167. The van der Waals surface area contributed by atoms with Crippen LogP contribution in [0, 0.1) is 6.92 Å². The molecule has 3 heterocycles. The van der Waals surface area contributed by atoms with Crippen LogP contribution in [-0.4, -0.2) is 44.3 Å². The summed E-state index contributed by atoms with van der Waals surface area (Å²) in [5.41, 5.74) is 9.05. The van der Waals surface area contributed by atoms with E-state index >= 15 is 0 Å². The van der Waals surface area contributed by atoms with Gasteiger partial charge in [0.05, 0.1) is 17.6 Å². The van der Waals surface area contributed by atoms with Crippen LogP contribution in [0.1, 0.15) is 29.5 Å². The van der Waals surface area contributed by atoms with Crippen LogP contribution in [0.3, 0.4) is 0 Å². The average Bonchev–Trinajstić information content (AvgIpc) is 3.61. The van der Waals surface area contributed by atoms with Gasteiger partial charge in [0.15, 0.2) is 11.0 Å². The van der Waals surface area contributed by atoms with Crippen LogP contribution < -0.4 is 15.1 Å². The number of aliphatic imine (C=N–C) groups is 1. The minimum Gasteiger partial charge on any atom is -0.406 e. The molecule has 1 saturated heterocycles. The number of carbonyl (C=O) groups is 1. The minimum absolute atomic E-state index is 0.293. The van der Waals surface area contributed by atoms with Gasteiger partial charge in [0.1, 0.15) is 12.1 Å². The lowest BCUT2D eigenvalue weighted by molar-refractivity contribution is -0.274. The van der Waals surface area contributed by atoms with Gasteiger partial charge in [-0.3, -0.25) is 4.90 Å². The molecule has 13 heteroatoms. The lowest BCUT2D eigenvalue weighted by Crippen LogP contribution is -2.29. The Kier molecular flexibility index (Phi) is 7.48. The number of amides is 2. The number of hydrogen-bond donors (Lipinski definition) is 1. The van der Waals surface area contributed by atoms with E-state index < -0.39 is 12.4 Å². The van der Waals surface area contributed by atoms with Gasteiger partial charge >= 0.3 is 12.4 Å². The van der Waals surface area contributed by atoms with Crippen molar-refractivity contribution in [3.05, 3.63) is 102 Å². The van der Waals surface area contributed by atoms with E-state index in [1.165, 1.54) is 64.4 Å². The van der Waals surface area contributed by atoms with Gasteiger partial charge < -0.3 is 4.74 Å². The summed E-state index contributed by atoms with van der Waals surface area (Å²) in [6.45, 7) is 4.27. The molecular weight excluding hydrogens is 579 g/mol. The van der Waals surface area contributed by atoms with Crippen LogP contribution >= 0.6 is 11.8 Å². The number of nitrogens with one attached hydrogen (secondary N) is 1. The number of halogens is 3. The van der Waals surface area contributed by atoms with Gasteiger partial charge in [0.25, 0.3) is 0 Å². The first-order chi connectivity index (χ1) is 20.6. The van der Waals surface area contributed by atoms with E-state index in [1.54, 1.807) is 24.3 Å². The van der Waals surface area contributed by atoms with E-state index in [0.29, 0.717) is 22.6 Å². The second-order valence-corrected chi connectivity index (χ2v) is 10.8. The number of allylic oxidation sites excluding steroid dienone is 1. The number of alkyl halides is 3. The van der Waals surface area contributed by atoms with E-state index in [-0.39, 0.29) is 5.75 Å². The van der Waals surface area contributed by atoms with Gasteiger partial charge in [-0.25, -0.2) is 19.9 Å². The number of anilines is 1. The van der Waals surface area contributed by atoms with E-state index in [1.807, 2.05) is 11.0 Å². The van der Waals surface area contributed by atoms with Crippen LogP contribution in [0.15, 0.2) is 94.9 Å². The van der Waals surface area contributed by atoms with Gasteiger partial charge in [0, 0.05) is 22.9 Å². The lowest BCUT2D eigenvalue weighted by atomic mass is 9.90. The van der Waals surface area contributed by atoms with Crippen molar-refractivity contribution >= 4 is 34.9 Å². The summed E-state index contributed by atoms with van der Waals surface area (Å²) in [6, 6.07) is 18.1. The number of ether oxygens (including phenoxy) is 1. The van der Waals surface area contributed by atoms with Crippen LogP contribution in [0.25, 0.3) is 17.1 Å². The van der Waals surface area contributed by atoms with Crippen LogP contribution in [0.5, 0.6) is 5.75 Å². The molecule has 2 aliphatic heterocycles. The first-order valence-corrected chi connectivity index (χ1v) is 14.2. The molecule has 0 aliphatic carbocycles. The van der Waals surface area contributed by atoms with Gasteiger partial charge in [-0.2, -0.15) is 10.1 Å². The third-order valence-electron chi connectivity index (χ3n) is 6.83. The number of aryl methyl sites for hydroxylation is 1. The Bertz CT molecular complexity index is 1760. The Balaban J connectivity index is 1.08. The number of urea groups is 1. The largest absolute Gasteiger partial charge is 0.573 e. The van der Waals surface area contributed by atoms with Gasteiger partial charge in [0.2, 0.25) is 0 Å². The lowest BCUT2D eigenvalue weighted by Gasteiger charge is -2.30. The number of fused-ring (bicyclic) bond motifs is 3. The number of hydrogen-bond acceptors (Lipinski definition) is 6. The van der Waals surface area contributed by atoms with Crippen molar-refractivity contribution < 1.29 is 22.7 Å². The van der Waals surface area contributed by atoms with E-state index in [4.69, 9.17) is 0 Å². The molecule has 0 bridgehead atoms. The highest BCUT2D eigenvalue weighted by atomic mass is 32.2. The molecule has 43 heavy (non-hydrogen) atoms. The summed E-state index contributed by atoms with van der Waals surface area (Å²) >= 11 is 1.51. The Labute approximate surface area is 248 Å². The smallest absolute Gasteiger partial charge is 0.406 e. The van der Waals surface area contributed by atoms with Crippen molar-refractivity contribution in [2.24, 2.45) is 10.1 Å². The number of hydrazone groups is 1. The molecule has 0 spiro atoms. The third kappa shape index (κ3) is 6.16. The van der Waals surface area contributed by atoms with Crippen molar-refractivity contribution in [2.45, 2.75) is 26.1 Å². The predicted octanol–water partition coefficient (Wildman–Crippen LogP) is 6.80. The topological polar surface area (TPSA) is 97.0 Å². The maximum atomic E-state index is 12.6. The van der Waals surface area contributed by atoms with Crippen LogP contribution in [-0.2, 0) is 0 Å². The molecule has 218 valence electrons. The zero-order valence-corrected chi connectivity index (χ0v) is 23.7. The summed E-state index contributed by atoms with van der Waals surface area (Å²) in [7, 11) is 0. The first-order valence-electron chi connectivity index (χ1n) is 13.2. The maximum Gasteiger partial charge on any atom is 0.573 e. The van der Waals surface area contributed by atoms with Gasteiger partial charge in [-0.05, 0) is 53.9 Å².